The van der Waals surface area contributed by atoms with Crippen molar-refractivity contribution in [2.75, 3.05) is 6.54 Å². The lowest BCUT2D eigenvalue weighted by Crippen LogP contribution is -2.15. The molecule has 4 heteroatoms. The molecule has 0 amide bonds. The minimum Gasteiger partial charge on any atom is -0.438 e. The quantitative estimate of drug-likeness (QED) is 0.785. The molecule has 0 radical (unpaired) electrons. The first kappa shape index (κ1) is 14.5. The van der Waals surface area contributed by atoms with Crippen LogP contribution in [0.5, 0.6) is 11.6 Å². The van der Waals surface area contributed by atoms with Gasteiger partial charge in [-0.1, -0.05) is 26.0 Å². The van der Waals surface area contributed by atoms with E-state index in [1.807, 2.05) is 24.3 Å². The average Bonchev–Trinajstić information content (AvgIpc) is 2.50. The highest BCUT2D eigenvalue weighted by Gasteiger charge is 2.01. The van der Waals surface area contributed by atoms with Crippen LogP contribution in [0, 0.1) is 0 Å². The van der Waals surface area contributed by atoms with Gasteiger partial charge in [0.25, 0.3) is 0 Å². The molecule has 0 atom stereocenters. The molecule has 1 aromatic carbocycles. The maximum absolute atomic E-state index is 5.66. The van der Waals surface area contributed by atoms with Gasteiger partial charge >= 0.3 is 0 Å². The number of benzene rings is 1. The lowest BCUT2D eigenvalue weighted by molar-refractivity contribution is 0.453. The van der Waals surface area contributed by atoms with Crippen LogP contribution in [0.4, 0.5) is 0 Å². The zero-order valence-corrected chi connectivity index (χ0v) is 12.1. The Balaban J connectivity index is 1.92. The molecule has 106 valence electrons. The molecule has 1 aromatic heterocycles. The van der Waals surface area contributed by atoms with Gasteiger partial charge in [0.2, 0.25) is 5.88 Å². The van der Waals surface area contributed by atoms with Crippen molar-refractivity contribution < 1.29 is 4.74 Å². The van der Waals surface area contributed by atoms with Crippen LogP contribution in [0.3, 0.4) is 0 Å². The Kier molecular flexibility index (Phi) is 5.50. The van der Waals surface area contributed by atoms with Crippen molar-refractivity contribution in [1.29, 1.82) is 0 Å². The number of aryl methyl sites for hydroxylation is 1. The third kappa shape index (κ3) is 4.31. The van der Waals surface area contributed by atoms with E-state index in [2.05, 4.69) is 41.5 Å². The zero-order valence-electron chi connectivity index (χ0n) is 12.1. The summed E-state index contributed by atoms with van der Waals surface area (Å²) >= 11 is 0. The molecule has 1 heterocycles. The SMILES string of the molecule is CCCNCc1ccc(Oc2ccc(CC)cc2)nn1. The number of aromatic nitrogens is 2. The Labute approximate surface area is 120 Å². The van der Waals surface area contributed by atoms with Crippen molar-refractivity contribution in [3.63, 3.8) is 0 Å². The molecule has 0 aliphatic carbocycles. The number of ether oxygens (including phenoxy) is 1. The standard InChI is InChI=1S/C16H21N3O/c1-3-11-17-12-14-7-10-16(19-18-14)20-15-8-5-13(4-2)6-9-15/h5-10,17H,3-4,11-12H2,1-2H3. The van der Waals surface area contributed by atoms with E-state index in [1.165, 1.54) is 5.56 Å². The fraction of sp³-hybridized carbons (Fsp3) is 0.375. The summed E-state index contributed by atoms with van der Waals surface area (Å²) in [5.41, 5.74) is 2.22. The summed E-state index contributed by atoms with van der Waals surface area (Å²) in [6.07, 6.45) is 2.14. The maximum Gasteiger partial charge on any atom is 0.238 e. The van der Waals surface area contributed by atoms with Gasteiger partial charge in [0, 0.05) is 12.6 Å². The van der Waals surface area contributed by atoms with Gasteiger partial charge in [0.1, 0.15) is 5.75 Å². The molecule has 2 rings (SSSR count). The van der Waals surface area contributed by atoms with Gasteiger partial charge in [0.15, 0.2) is 0 Å². The van der Waals surface area contributed by atoms with Crippen molar-refractivity contribution in [3.8, 4) is 11.6 Å². The Bertz CT molecular complexity index is 508. The summed E-state index contributed by atoms with van der Waals surface area (Å²) < 4.78 is 5.66. The molecule has 0 aliphatic heterocycles. The molecule has 1 N–H and O–H groups in total. The third-order valence-electron chi connectivity index (χ3n) is 2.98. The minimum atomic E-state index is 0.522. The molecular formula is C16H21N3O. The number of hydrogen-bond acceptors (Lipinski definition) is 4. The number of nitrogens with zero attached hydrogens (tertiary/aromatic N) is 2. The summed E-state index contributed by atoms with van der Waals surface area (Å²) in [6, 6.07) is 11.8. The largest absolute Gasteiger partial charge is 0.438 e. The van der Waals surface area contributed by atoms with Crippen molar-refractivity contribution in [2.24, 2.45) is 0 Å². The second-order valence-electron chi connectivity index (χ2n) is 4.64. The van der Waals surface area contributed by atoms with E-state index in [1.54, 1.807) is 0 Å². The molecule has 0 fully saturated rings. The molecule has 4 nitrogen and oxygen atoms in total. The highest BCUT2D eigenvalue weighted by molar-refractivity contribution is 5.30. The molecule has 0 aliphatic rings. The Morgan fingerprint density at radius 1 is 1.00 bits per heavy atom. The van der Waals surface area contributed by atoms with E-state index in [-0.39, 0.29) is 0 Å². The van der Waals surface area contributed by atoms with Crippen LogP contribution < -0.4 is 10.1 Å². The average molecular weight is 271 g/mol. The predicted molar refractivity (Wildman–Crippen MR) is 79.9 cm³/mol. The highest BCUT2D eigenvalue weighted by Crippen LogP contribution is 2.19. The molecule has 0 saturated heterocycles. The topological polar surface area (TPSA) is 47.0 Å². The smallest absolute Gasteiger partial charge is 0.238 e. The third-order valence-corrected chi connectivity index (χ3v) is 2.98. The van der Waals surface area contributed by atoms with Gasteiger partial charge in [-0.25, -0.2) is 0 Å². The molecule has 0 unspecified atom stereocenters. The molecule has 2 aromatic rings. The lowest BCUT2D eigenvalue weighted by Gasteiger charge is -2.06. The van der Waals surface area contributed by atoms with Gasteiger partial charge in [-0.2, -0.15) is 5.10 Å². The van der Waals surface area contributed by atoms with Gasteiger partial charge in [0.05, 0.1) is 5.69 Å². The number of rotatable bonds is 7. The van der Waals surface area contributed by atoms with E-state index < -0.39 is 0 Å². The van der Waals surface area contributed by atoms with Crippen LogP contribution in [0.15, 0.2) is 36.4 Å². The predicted octanol–water partition coefficient (Wildman–Crippen LogP) is 3.33. The van der Waals surface area contributed by atoms with E-state index in [0.29, 0.717) is 5.88 Å². The van der Waals surface area contributed by atoms with Crippen molar-refractivity contribution in [3.05, 3.63) is 47.7 Å². The summed E-state index contributed by atoms with van der Waals surface area (Å²) in [5, 5.41) is 11.5. The van der Waals surface area contributed by atoms with E-state index in [9.17, 15) is 0 Å². The Hall–Kier alpha value is -1.94. The molecule has 0 spiro atoms. The van der Waals surface area contributed by atoms with Gasteiger partial charge in [-0.15, -0.1) is 5.10 Å². The molecule has 0 bridgehead atoms. The number of hydrogen-bond donors (Lipinski definition) is 1. The Morgan fingerprint density at radius 3 is 2.40 bits per heavy atom. The summed E-state index contributed by atoms with van der Waals surface area (Å²) in [4.78, 5) is 0. The van der Waals surface area contributed by atoms with Crippen molar-refractivity contribution in [1.82, 2.24) is 15.5 Å². The highest BCUT2D eigenvalue weighted by atomic mass is 16.5. The Morgan fingerprint density at radius 2 is 1.80 bits per heavy atom. The molecular weight excluding hydrogens is 250 g/mol. The van der Waals surface area contributed by atoms with Crippen LogP contribution in [0.1, 0.15) is 31.5 Å². The van der Waals surface area contributed by atoms with Crippen LogP contribution in [-0.2, 0) is 13.0 Å². The van der Waals surface area contributed by atoms with E-state index in [4.69, 9.17) is 4.74 Å². The first-order valence-electron chi connectivity index (χ1n) is 7.12. The van der Waals surface area contributed by atoms with E-state index in [0.717, 1.165) is 37.4 Å². The van der Waals surface area contributed by atoms with Crippen LogP contribution in [-0.4, -0.2) is 16.7 Å². The normalized spacial score (nSPS) is 10.5. The van der Waals surface area contributed by atoms with Crippen LogP contribution in [0.25, 0.3) is 0 Å². The molecule has 20 heavy (non-hydrogen) atoms. The lowest BCUT2D eigenvalue weighted by atomic mass is 10.2. The van der Waals surface area contributed by atoms with E-state index >= 15 is 0 Å². The molecule has 0 saturated carbocycles. The zero-order chi connectivity index (χ0) is 14.2. The van der Waals surface area contributed by atoms with Crippen LogP contribution >= 0.6 is 0 Å². The fourth-order valence-corrected chi connectivity index (χ4v) is 1.80. The van der Waals surface area contributed by atoms with Gasteiger partial charge < -0.3 is 10.1 Å². The minimum absolute atomic E-state index is 0.522. The van der Waals surface area contributed by atoms with Gasteiger partial charge in [-0.3, -0.25) is 0 Å². The second-order valence-corrected chi connectivity index (χ2v) is 4.64. The summed E-state index contributed by atoms with van der Waals surface area (Å²) in [6.45, 7) is 6.00. The second kappa shape index (κ2) is 7.60. The van der Waals surface area contributed by atoms with Crippen molar-refractivity contribution in [2.45, 2.75) is 33.2 Å². The summed E-state index contributed by atoms with van der Waals surface area (Å²) in [7, 11) is 0. The fourth-order valence-electron chi connectivity index (χ4n) is 1.80. The first-order valence-corrected chi connectivity index (χ1v) is 7.12. The summed E-state index contributed by atoms with van der Waals surface area (Å²) in [5.74, 6) is 1.31. The van der Waals surface area contributed by atoms with Crippen LogP contribution in [0.2, 0.25) is 0 Å². The van der Waals surface area contributed by atoms with Gasteiger partial charge in [-0.05, 0) is 43.1 Å². The first-order chi connectivity index (χ1) is 9.81. The monoisotopic (exact) mass is 271 g/mol. The number of nitrogens with one attached hydrogen (secondary N) is 1. The maximum atomic E-state index is 5.66. The van der Waals surface area contributed by atoms with Crippen molar-refractivity contribution >= 4 is 0 Å².